The van der Waals surface area contributed by atoms with E-state index in [4.69, 9.17) is 5.73 Å². The van der Waals surface area contributed by atoms with Gasteiger partial charge in [-0.25, -0.2) is 0 Å². The molecule has 2 N–H and O–H groups in total. The van der Waals surface area contributed by atoms with Crippen LogP contribution >= 0.6 is 0 Å². The highest BCUT2D eigenvalue weighted by molar-refractivity contribution is 4.91. The molecule has 0 aromatic heterocycles. The van der Waals surface area contributed by atoms with Gasteiger partial charge in [0.15, 0.2) is 0 Å². The molecule has 0 heterocycles. The van der Waals surface area contributed by atoms with Crippen molar-refractivity contribution in [1.82, 2.24) is 4.90 Å². The van der Waals surface area contributed by atoms with E-state index in [9.17, 15) is 0 Å². The normalized spacial score (nSPS) is 14.4. The van der Waals surface area contributed by atoms with Crippen LogP contribution in [0.4, 0.5) is 0 Å². The Bertz CT molecular complexity index is 162. The molecule has 2 heteroatoms. The molecular weight excluding hydrogens is 196 g/mol. The number of nitrogens with two attached hydrogens (primary N) is 1. The Hall–Kier alpha value is -0.0800. The Labute approximate surface area is 103 Å². The van der Waals surface area contributed by atoms with Gasteiger partial charge in [-0.2, -0.15) is 0 Å². The molecule has 0 aliphatic rings. The summed E-state index contributed by atoms with van der Waals surface area (Å²) in [5, 5.41) is 0. The maximum Gasteiger partial charge on any atom is 0.0331 e. The van der Waals surface area contributed by atoms with Gasteiger partial charge in [0, 0.05) is 18.1 Å². The minimum Gasteiger partial charge on any atom is -0.329 e. The number of hydrogen-bond donors (Lipinski definition) is 1. The van der Waals surface area contributed by atoms with Crippen molar-refractivity contribution in [2.45, 2.75) is 77.8 Å². The molecular formula is C14H32N2. The van der Waals surface area contributed by atoms with E-state index >= 15 is 0 Å². The van der Waals surface area contributed by atoms with Gasteiger partial charge in [-0.1, -0.05) is 40.0 Å². The van der Waals surface area contributed by atoms with Gasteiger partial charge in [0.2, 0.25) is 0 Å². The lowest BCUT2D eigenvalue weighted by Crippen LogP contribution is -2.55. The lowest BCUT2D eigenvalue weighted by molar-refractivity contribution is 0.0621. The summed E-state index contributed by atoms with van der Waals surface area (Å²) in [6.45, 7) is 9.91. The molecule has 1 atom stereocenters. The average molecular weight is 228 g/mol. The molecule has 0 aliphatic heterocycles. The molecule has 16 heavy (non-hydrogen) atoms. The zero-order chi connectivity index (χ0) is 12.6. The lowest BCUT2D eigenvalue weighted by atomic mass is 9.85. The molecule has 98 valence electrons. The van der Waals surface area contributed by atoms with Crippen molar-refractivity contribution in [2.75, 3.05) is 13.6 Å². The van der Waals surface area contributed by atoms with E-state index in [1.165, 1.54) is 38.5 Å². The topological polar surface area (TPSA) is 29.3 Å². The molecule has 0 aromatic rings. The van der Waals surface area contributed by atoms with Crippen LogP contribution in [-0.2, 0) is 0 Å². The van der Waals surface area contributed by atoms with Crippen molar-refractivity contribution in [1.29, 1.82) is 0 Å². The molecule has 1 unspecified atom stereocenters. The number of likely N-dealkylation sites (N-methyl/N-ethyl adjacent to an activating group) is 1. The van der Waals surface area contributed by atoms with E-state index in [2.05, 4.69) is 39.6 Å². The maximum absolute atomic E-state index is 6.07. The van der Waals surface area contributed by atoms with Crippen molar-refractivity contribution in [3.63, 3.8) is 0 Å². The van der Waals surface area contributed by atoms with Crippen LogP contribution in [0.2, 0.25) is 0 Å². The fourth-order valence-corrected chi connectivity index (χ4v) is 2.84. The van der Waals surface area contributed by atoms with E-state index in [0.717, 1.165) is 6.54 Å². The second-order valence-electron chi connectivity index (χ2n) is 5.18. The summed E-state index contributed by atoms with van der Waals surface area (Å²) in [6.07, 6.45) is 7.42. The summed E-state index contributed by atoms with van der Waals surface area (Å²) in [7, 11) is 2.26. The summed E-state index contributed by atoms with van der Waals surface area (Å²) in [6, 6.07) is 0.645. The molecule has 0 fully saturated rings. The third-order valence-electron chi connectivity index (χ3n) is 3.93. The predicted molar refractivity (Wildman–Crippen MR) is 73.7 cm³/mol. The number of hydrogen-bond acceptors (Lipinski definition) is 2. The van der Waals surface area contributed by atoms with Crippen LogP contribution in [0.25, 0.3) is 0 Å². The van der Waals surface area contributed by atoms with Gasteiger partial charge in [0.1, 0.15) is 0 Å². The first-order chi connectivity index (χ1) is 7.57. The largest absolute Gasteiger partial charge is 0.329 e. The highest BCUT2D eigenvalue weighted by Gasteiger charge is 2.33. The molecule has 0 bridgehead atoms. The third kappa shape index (κ3) is 4.06. The van der Waals surface area contributed by atoms with E-state index in [-0.39, 0.29) is 5.54 Å². The summed E-state index contributed by atoms with van der Waals surface area (Å²) >= 11 is 0. The second kappa shape index (κ2) is 8.08. The summed E-state index contributed by atoms with van der Waals surface area (Å²) < 4.78 is 0. The Morgan fingerprint density at radius 2 is 1.56 bits per heavy atom. The summed E-state index contributed by atoms with van der Waals surface area (Å²) in [4.78, 5) is 2.55. The molecule has 0 saturated heterocycles. The Balaban J connectivity index is 4.69. The fraction of sp³-hybridized carbons (Fsp3) is 1.00. The maximum atomic E-state index is 6.07. The van der Waals surface area contributed by atoms with Crippen LogP contribution in [0, 0.1) is 0 Å². The zero-order valence-electron chi connectivity index (χ0n) is 12.1. The summed E-state index contributed by atoms with van der Waals surface area (Å²) in [5.74, 6) is 0. The van der Waals surface area contributed by atoms with Crippen molar-refractivity contribution < 1.29 is 0 Å². The first kappa shape index (κ1) is 15.9. The molecule has 0 aromatic carbocycles. The summed E-state index contributed by atoms with van der Waals surface area (Å²) in [5.41, 5.74) is 6.31. The standard InChI is InChI=1S/C14H32N2/c1-6-9-13(4)16(5)14(12-15,10-7-2)11-8-3/h13H,6-12,15H2,1-5H3. The Morgan fingerprint density at radius 3 is 1.88 bits per heavy atom. The highest BCUT2D eigenvalue weighted by Crippen LogP contribution is 2.28. The van der Waals surface area contributed by atoms with Crippen LogP contribution in [0.5, 0.6) is 0 Å². The van der Waals surface area contributed by atoms with Gasteiger partial charge in [0.05, 0.1) is 0 Å². The predicted octanol–water partition coefficient (Wildman–Crippen LogP) is 3.40. The first-order valence-electron chi connectivity index (χ1n) is 7.00. The zero-order valence-corrected chi connectivity index (χ0v) is 12.1. The molecule has 2 nitrogen and oxygen atoms in total. The van der Waals surface area contributed by atoms with Crippen molar-refractivity contribution >= 4 is 0 Å². The van der Waals surface area contributed by atoms with Gasteiger partial charge in [0.25, 0.3) is 0 Å². The van der Waals surface area contributed by atoms with Crippen molar-refractivity contribution in [3.8, 4) is 0 Å². The number of rotatable bonds is 9. The Morgan fingerprint density at radius 1 is 1.06 bits per heavy atom. The minimum absolute atomic E-state index is 0.234. The van der Waals surface area contributed by atoms with Gasteiger partial charge in [-0.3, -0.25) is 4.90 Å². The molecule has 0 amide bonds. The second-order valence-corrected chi connectivity index (χ2v) is 5.18. The third-order valence-corrected chi connectivity index (χ3v) is 3.93. The van der Waals surface area contributed by atoms with E-state index in [1.807, 2.05) is 0 Å². The SMILES string of the molecule is CCCC(C)N(C)C(CN)(CCC)CCC. The number of nitrogens with zero attached hydrogens (tertiary/aromatic N) is 1. The lowest BCUT2D eigenvalue weighted by Gasteiger charge is -2.45. The first-order valence-corrected chi connectivity index (χ1v) is 7.00. The monoisotopic (exact) mass is 228 g/mol. The van der Waals surface area contributed by atoms with Crippen LogP contribution < -0.4 is 5.73 Å². The Kier molecular flexibility index (Phi) is 8.04. The molecule has 0 rings (SSSR count). The van der Waals surface area contributed by atoms with Crippen molar-refractivity contribution in [2.24, 2.45) is 5.73 Å². The smallest absolute Gasteiger partial charge is 0.0331 e. The molecule has 0 spiro atoms. The van der Waals surface area contributed by atoms with E-state index < -0.39 is 0 Å². The van der Waals surface area contributed by atoms with Gasteiger partial charge < -0.3 is 5.73 Å². The van der Waals surface area contributed by atoms with Crippen LogP contribution in [-0.4, -0.2) is 30.1 Å². The van der Waals surface area contributed by atoms with Crippen LogP contribution in [0.1, 0.15) is 66.2 Å². The fourth-order valence-electron chi connectivity index (χ4n) is 2.84. The molecule has 0 aliphatic carbocycles. The van der Waals surface area contributed by atoms with Crippen LogP contribution in [0.3, 0.4) is 0 Å². The van der Waals surface area contributed by atoms with Crippen LogP contribution in [0.15, 0.2) is 0 Å². The average Bonchev–Trinajstić information content (AvgIpc) is 2.28. The molecule has 0 radical (unpaired) electrons. The van der Waals surface area contributed by atoms with Gasteiger partial charge in [-0.05, 0) is 33.2 Å². The quantitative estimate of drug-likeness (QED) is 0.655. The van der Waals surface area contributed by atoms with Gasteiger partial charge in [-0.15, -0.1) is 0 Å². The highest BCUT2D eigenvalue weighted by atomic mass is 15.2. The minimum atomic E-state index is 0.234. The van der Waals surface area contributed by atoms with E-state index in [0.29, 0.717) is 6.04 Å². The van der Waals surface area contributed by atoms with E-state index in [1.54, 1.807) is 0 Å². The molecule has 0 saturated carbocycles. The van der Waals surface area contributed by atoms with Gasteiger partial charge >= 0.3 is 0 Å². The van der Waals surface area contributed by atoms with Crippen molar-refractivity contribution in [3.05, 3.63) is 0 Å².